The number of allylic oxidation sites excluding steroid dienone is 9. The Hall–Kier alpha value is -2.81. The Morgan fingerprint density at radius 2 is 1.79 bits per heavy atom. The number of phenolic OH excluding ortho intramolecular Hbond substituents is 1. The number of amides is 1. The Kier molecular flexibility index (Phi) is 7.83. The van der Waals surface area contributed by atoms with Crippen LogP contribution in [0.25, 0.3) is 0 Å². The van der Waals surface area contributed by atoms with E-state index in [1.165, 1.54) is 36.0 Å². The van der Waals surface area contributed by atoms with Crippen LogP contribution in [0.2, 0.25) is 0 Å². The summed E-state index contributed by atoms with van der Waals surface area (Å²) >= 11 is 0. The first-order valence-corrected chi connectivity index (χ1v) is 10.2. The number of rotatable bonds is 6. The molecule has 0 saturated heterocycles. The van der Waals surface area contributed by atoms with E-state index >= 15 is 0 Å². The SMILES string of the molecule is CC(C=CC1=C(C)CCCC1(C)C)=CC=C/C(C)=C\C(=O)Nc1ccc(O)cc1. The van der Waals surface area contributed by atoms with E-state index in [1.54, 1.807) is 30.3 Å². The van der Waals surface area contributed by atoms with Gasteiger partial charge >= 0.3 is 0 Å². The minimum atomic E-state index is -0.194. The molecule has 1 aromatic carbocycles. The van der Waals surface area contributed by atoms with Gasteiger partial charge in [0.05, 0.1) is 0 Å². The molecule has 0 aromatic heterocycles. The lowest BCUT2D eigenvalue weighted by Crippen LogP contribution is -2.19. The highest BCUT2D eigenvalue weighted by Crippen LogP contribution is 2.40. The number of hydrogen-bond acceptors (Lipinski definition) is 2. The lowest BCUT2D eigenvalue weighted by molar-refractivity contribution is -0.111. The third-order valence-electron chi connectivity index (χ3n) is 5.27. The molecular weight excluding hydrogens is 358 g/mol. The molecule has 0 saturated carbocycles. The number of benzene rings is 1. The monoisotopic (exact) mass is 391 g/mol. The van der Waals surface area contributed by atoms with Gasteiger partial charge in [0.1, 0.15) is 5.75 Å². The third-order valence-corrected chi connectivity index (χ3v) is 5.27. The molecule has 1 amide bonds. The van der Waals surface area contributed by atoms with Gasteiger partial charge in [0.25, 0.3) is 0 Å². The fraction of sp³-hybridized carbons (Fsp3) is 0.346. The standard InChI is InChI=1S/C26H33NO2/c1-19(11-16-24-21(3)10-7-17-26(24,4)5)8-6-9-20(2)18-25(29)27-22-12-14-23(28)15-13-22/h6,8-9,11-16,18,28H,7,10,17H2,1-5H3,(H,27,29)/b9-6?,16-11?,19-8?,20-18-. The molecule has 3 heteroatoms. The Bertz CT molecular complexity index is 878. The summed E-state index contributed by atoms with van der Waals surface area (Å²) in [4.78, 5) is 12.1. The quantitative estimate of drug-likeness (QED) is 0.316. The van der Waals surface area contributed by atoms with E-state index in [0.717, 1.165) is 5.57 Å². The molecule has 1 aliphatic rings. The highest BCUT2D eigenvalue weighted by atomic mass is 16.3. The molecule has 0 heterocycles. The van der Waals surface area contributed by atoms with Crippen molar-refractivity contribution in [2.24, 2.45) is 5.41 Å². The number of nitrogens with one attached hydrogen (secondary N) is 1. The lowest BCUT2D eigenvalue weighted by Gasteiger charge is -2.32. The van der Waals surface area contributed by atoms with Gasteiger partial charge in [0.2, 0.25) is 5.91 Å². The highest BCUT2D eigenvalue weighted by molar-refractivity contribution is 5.99. The van der Waals surface area contributed by atoms with Crippen molar-refractivity contribution < 1.29 is 9.90 Å². The minimum absolute atomic E-state index is 0.173. The molecule has 0 spiro atoms. The molecule has 2 rings (SSSR count). The molecule has 1 aliphatic carbocycles. The van der Waals surface area contributed by atoms with Crippen LogP contribution < -0.4 is 5.32 Å². The molecule has 29 heavy (non-hydrogen) atoms. The summed E-state index contributed by atoms with van der Waals surface area (Å²) in [7, 11) is 0. The second-order valence-electron chi connectivity index (χ2n) is 8.46. The zero-order chi connectivity index (χ0) is 21.4. The molecular formula is C26H33NO2. The van der Waals surface area contributed by atoms with Gasteiger partial charge in [-0.05, 0) is 80.9 Å². The number of aromatic hydroxyl groups is 1. The first-order valence-electron chi connectivity index (χ1n) is 10.2. The average Bonchev–Trinajstić information content (AvgIpc) is 2.62. The van der Waals surface area contributed by atoms with Crippen molar-refractivity contribution in [3.63, 3.8) is 0 Å². The second kappa shape index (κ2) is 10.1. The van der Waals surface area contributed by atoms with E-state index < -0.39 is 0 Å². The summed E-state index contributed by atoms with van der Waals surface area (Å²) in [5.74, 6) is -0.0206. The molecule has 0 unspecified atom stereocenters. The van der Waals surface area contributed by atoms with Gasteiger partial charge in [0.15, 0.2) is 0 Å². The van der Waals surface area contributed by atoms with Crippen molar-refractivity contribution in [2.45, 2.75) is 53.9 Å². The maximum atomic E-state index is 12.1. The predicted molar refractivity (Wildman–Crippen MR) is 123 cm³/mol. The van der Waals surface area contributed by atoms with Gasteiger partial charge in [-0.2, -0.15) is 0 Å². The van der Waals surface area contributed by atoms with Crippen molar-refractivity contribution in [3.8, 4) is 5.75 Å². The fourth-order valence-corrected chi connectivity index (χ4v) is 3.61. The minimum Gasteiger partial charge on any atom is -0.508 e. The maximum Gasteiger partial charge on any atom is 0.248 e. The van der Waals surface area contributed by atoms with E-state index in [1.807, 2.05) is 19.1 Å². The maximum absolute atomic E-state index is 12.1. The summed E-state index contributed by atoms with van der Waals surface area (Å²) in [5.41, 5.74) is 5.89. The fourth-order valence-electron chi connectivity index (χ4n) is 3.61. The Balaban J connectivity index is 1.95. The highest BCUT2D eigenvalue weighted by Gasteiger charge is 2.26. The Labute approximate surface area is 175 Å². The normalized spacial score (nSPS) is 18.0. The van der Waals surface area contributed by atoms with E-state index in [0.29, 0.717) is 5.69 Å². The van der Waals surface area contributed by atoms with Gasteiger partial charge in [-0.3, -0.25) is 4.79 Å². The summed E-state index contributed by atoms with van der Waals surface area (Å²) in [6.07, 6.45) is 15.6. The molecule has 0 atom stereocenters. The molecule has 3 nitrogen and oxygen atoms in total. The van der Waals surface area contributed by atoms with Crippen molar-refractivity contribution in [1.82, 2.24) is 0 Å². The number of carbonyl (C=O) groups excluding carboxylic acids is 1. The van der Waals surface area contributed by atoms with Crippen LogP contribution in [-0.2, 0) is 4.79 Å². The zero-order valence-corrected chi connectivity index (χ0v) is 18.3. The predicted octanol–water partition coefficient (Wildman–Crippen LogP) is 6.86. The van der Waals surface area contributed by atoms with Crippen LogP contribution >= 0.6 is 0 Å². The average molecular weight is 392 g/mol. The van der Waals surface area contributed by atoms with Crippen LogP contribution in [-0.4, -0.2) is 11.0 Å². The van der Waals surface area contributed by atoms with Crippen LogP contribution in [0.3, 0.4) is 0 Å². The van der Waals surface area contributed by atoms with Crippen molar-refractivity contribution in [3.05, 3.63) is 83.0 Å². The van der Waals surface area contributed by atoms with Crippen molar-refractivity contribution in [2.75, 3.05) is 5.32 Å². The van der Waals surface area contributed by atoms with E-state index in [2.05, 4.69) is 51.2 Å². The molecule has 1 aromatic rings. The van der Waals surface area contributed by atoms with Gasteiger partial charge in [-0.1, -0.05) is 55.4 Å². The number of carbonyl (C=O) groups is 1. The van der Waals surface area contributed by atoms with Gasteiger partial charge in [-0.15, -0.1) is 0 Å². The Morgan fingerprint density at radius 3 is 2.45 bits per heavy atom. The Morgan fingerprint density at radius 1 is 1.10 bits per heavy atom. The lowest BCUT2D eigenvalue weighted by atomic mass is 9.72. The number of anilines is 1. The number of hydrogen-bond donors (Lipinski definition) is 2. The first-order chi connectivity index (χ1) is 13.7. The first kappa shape index (κ1) is 22.5. The summed E-state index contributed by atoms with van der Waals surface area (Å²) in [6.45, 7) is 10.9. The van der Waals surface area contributed by atoms with Crippen LogP contribution in [0, 0.1) is 5.41 Å². The molecule has 154 valence electrons. The smallest absolute Gasteiger partial charge is 0.248 e. The van der Waals surface area contributed by atoms with Crippen LogP contribution in [0.5, 0.6) is 5.75 Å². The molecule has 2 N–H and O–H groups in total. The topological polar surface area (TPSA) is 49.3 Å². The van der Waals surface area contributed by atoms with E-state index in [4.69, 9.17) is 0 Å². The zero-order valence-electron chi connectivity index (χ0n) is 18.3. The third kappa shape index (κ3) is 7.26. The van der Waals surface area contributed by atoms with E-state index in [9.17, 15) is 9.90 Å². The van der Waals surface area contributed by atoms with Gasteiger partial charge in [-0.25, -0.2) is 0 Å². The summed E-state index contributed by atoms with van der Waals surface area (Å²) in [6, 6.07) is 6.41. The van der Waals surface area contributed by atoms with Crippen molar-refractivity contribution >= 4 is 11.6 Å². The van der Waals surface area contributed by atoms with Crippen LogP contribution in [0.1, 0.15) is 53.9 Å². The van der Waals surface area contributed by atoms with E-state index in [-0.39, 0.29) is 17.1 Å². The van der Waals surface area contributed by atoms with Gasteiger partial charge < -0.3 is 10.4 Å². The molecule has 0 fully saturated rings. The summed E-state index contributed by atoms with van der Waals surface area (Å²) in [5, 5.41) is 12.1. The van der Waals surface area contributed by atoms with Crippen LogP contribution in [0.15, 0.2) is 83.0 Å². The van der Waals surface area contributed by atoms with Crippen molar-refractivity contribution in [1.29, 1.82) is 0 Å². The second-order valence-corrected chi connectivity index (χ2v) is 8.46. The summed E-state index contributed by atoms with van der Waals surface area (Å²) < 4.78 is 0. The van der Waals surface area contributed by atoms with Crippen LogP contribution in [0.4, 0.5) is 5.69 Å². The van der Waals surface area contributed by atoms with Gasteiger partial charge in [0, 0.05) is 11.8 Å². The molecule has 0 bridgehead atoms. The molecule has 0 aliphatic heterocycles. The largest absolute Gasteiger partial charge is 0.508 e. The number of phenols is 1. The molecule has 0 radical (unpaired) electrons.